The Labute approximate surface area is 94.5 Å². The highest BCUT2D eigenvalue weighted by molar-refractivity contribution is 9.10. The zero-order chi connectivity index (χ0) is 10.7. The van der Waals surface area contributed by atoms with Gasteiger partial charge in [0.1, 0.15) is 11.6 Å². The van der Waals surface area contributed by atoms with Gasteiger partial charge in [-0.1, -0.05) is 0 Å². The van der Waals surface area contributed by atoms with Gasteiger partial charge in [0, 0.05) is 16.7 Å². The van der Waals surface area contributed by atoms with Gasteiger partial charge in [-0.15, -0.1) is 0 Å². The molecule has 1 N–H and O–H groups in total. The van der Waals surface area contributed by atoms with Gasteiger partial charge in [0.05, 0.1) is 18.1 Å². The standard InChI is InChI=1S/C10H7BrFN3/c11-7-1-2-10(14-4-7)15-9-3-8(12)5-13-6-9/h1-6H,(H,14,15). The number of hydrogen-bond acceptors (Lipinski definition) is 3. The molecule has 76 valence electrons. The lowest BCUT2D eigenvalue weighted by molar-refractivity contribution is 0.622. The molecule has 0 atom stereocenters. The first-order chi connectivity index (χ1) is 7.24. The Balaban J connectivity index is 2.18. The molecule has 0 saturated heterocycles. The topological polar surface area (TPSA) is 37.8 Å². The molecule has 0 unspecified atom stereocenters. The lowest BCUT2D eigenvalue weighted by Crippen LogP contribution is -1.94. The summed E-state index contributed by atoms with van der Waals surface area (Å²) in [4.78, 5) is 7.82. The first-order valence-corrected chi connectivity index (χ1v) is 5.02. The quantitative estimate of drug-likeness (QED) is 0.909. The van der Waals surface area contributed by atoms with Crippen molar-refractivity contribution in [2.45, 2.75) is 0 Å². The number of halogens is 2. The van der Waals surface area contributed by atoms with E-state index in [1.54, 1.807) is 12.3 Å². The van der Waals surface area contributed by atoms with Gasteiger partial charge >= 0.3 is 0 Å². The van der Waals surface area contributed by atoms with Crippen molar-refractivity contribution in [2.24, 2.45) is 0 Å². The van der Waals surface area contributed by atoms with Crippen LogP contribution in [-0.2, 0) is 0 Å². The highest BCUT2D eigenvalue weighted by Crippen LogP contribution is 2.16. The van der Waals surface area contributed by atoms with Crippen molar-refractivity contribution >= 4 is 27.4 Å². The number of pyridine rings is 2. The van der Waals surface area contributed by atoms with Crippen LogP contribution in [0.3, 0.4) is 0 Å². The average Bonchev–Trinajstić information content (AvgIpc) is 2.22. The summed E-state index contributed by atoms with van der Waals surface area (Å²) in [6.07, 6.45) is 4.35. The monoisotopic (exact) mass is 267 g/mol. The number of rotatable bonds is 2. The van der Waals surface area contributed by atoms with E-state index in [1.165, 1.54) is 12.3 Å². The van der Waals surface area contributed by atoms with Crippen LogP contribution in [0.1, 0.15) is 0 Å². The van der Waals surface area contributed by atoms with Crippen LogP contribution >= 0.6 is 15.9 Å². The molecule has 3 nitrogen and oxygen atoms in total. The Hall–Kier alpha value is -1.49. The SMILES string of the molecule is Fc1cncc(Nc2ccc(Br)cn2)c1. The summed E-state index contributed by atoms with van der Waals surface area (Å²) >= 11 is 3.28. The summed E-state index contributed by atoms with van der Waals surface area (Å²) in [5, 5.41) is 2.94. The highest BCUT2D eigenvalue weighted by Gasteiger charge is 1.97. The van der Waals surface area contributed by atoms with Gasteiger partial charge in [0.2, 0.25) is 0 Å². The first kappa shape index (κ1) is 10.0. The van der Waals surface area contributed by atoms with Gasteiger partial charge in [-0.25, -0.2) is 9.37 Å². The van der Waals surface area contributed by atoms with E-state index in [0.717, 1.165) is 10.7 Å². The smallest absolute Gasteiger partial charge is 0.143 e. The highest BCUT2D eigenvalue weighted by atomic mass is 79.9. The number of nitrogens with one attached hydrogen (secondary N) is 1. The van der Waals surface area contributed by atoms with Gasteiger partial charge in [-0.05, 0) is 28.1 Å². The van der Waals surface area contributed by atoms with Gasteiger partial charge < -0.3 is 5.32 Å². The Morgan fingerprint density at radius 3 is 2.73 bits per heavy atom. The fraction of sp³-hybridized carbons (Fsp3) is 0. The molecule has 0 amide bonds. The Kier molecular flexibility index (Phi) is 2.91. The molecule has 0 saturated carbocycles. The van der Waals surface area contributed by atoms with Crippen LogP contribution < -0.4 is 5.32 Å². The number of hydrogen-bond donors (Lipinski definition) is 1. The Morgan fingerprint density at radius 2 is 2.07 bits per heavy atom. The van der Waals surface area contributed by atoms with Crippen LogP contribution in [0.4, 0.5) is 15.9 Å². The average molecular weight is 268 g/mol. The lowest BCUT2D eigenvalue weighted by Gasteiger charge is -2.04. The summed E-state index contributed by atoms with van der Waals surface area (Å²) < 4.78 is 13.7. The van der Waals surface area contributed by atoms with E-state index >= 15 is 0 Å². The minimum absolute atomic E-state index is 0.378. The molecular weight excluding hydrogens is 261 g/mol. The summed E-state index contributed by atoms with van der Waals surface area (Å²) in [7, 11) is 0. The number of nitrogens with zero attached hydrogens (tertiary/aromatic N) is 2. The fourth-order valence-electron chi connectivity index (χ4n) is 1.08. The molecule has 2 aromatic heterocycles. The van der Waals surface area contributed by atoms with Crippen LogP contribution in [0.25, 0.3) is 0 Å². The van der Waals surface area contributed by atoms with E-state index in [1.807, 2.05) is 6.07 Å². The minimum Gasteiger partial charge on any atom is -0.339 e. The lowest BCUT2D eigenvalue weighted by atomic mass is 10.4. The van der Waals surface area contributed by atoms with Crippen molar-refractivity contribution < 1.29 is 4.39 Å². The predicted octanol–water partition coefficient (Wildman–Crippen LogP) is 3.12. The van der Waals surface area contributed by atoms with Crippen molar-refractivity contribution in [3.8, 4) is 0 Å². The second kappa shape index (κ2) is 4.35. The van der Waals surface area contributed by atoms with E-state index in [-0.39, 0.29) is 5.82 Å². The third-order valence-electron chi connectivity index (χ3n) is 1.70. The molecular formula is C10H7BrFN3. The van der Waals surface area contributed by atoms with Crippen LogP contribution in [0, 0.1) is 5.82 Å². The second-order valence-corrected chi connectivity index (χ2v) is 3.79. The van der Waals surface area contributed by atoms with Crippen molar-refractivity contribution in [2.75, 3.05) is 5.32 Å². The molecule has 0 aromatic carbocycles. The van der Waals surface area contributed by atoms with E-state index < -0.39 is 0 Å². The summed E-state index contributed by atoms with van der Waals surface area (Å²) in [5.41, 5.74) is 0.574. The molecule has 0 aliphatic rings. The predicted molar refractivity (Wildman–Crippen MR) is 59.4 cm³/mol. The summed E-state index contributed by atoms with van der Waals surface area (Å²) in [5.74, 6) is 0.266. The van der Waals surface area contributed by atoms with Crippen molar-refractivity contribution in [1.29, 1.82) is 0 Å². The molecule has 0 radical (unpaired) electrons. The van der Waals surface area contributed by atoms with Crippen molar-refractivity contribution in [3.05, 3.63) is 47.1 Å². The van der Waals surface area contributed by atoms with Gasteiger partial charge in [0.25, 0.3) is 0 Å². The zero-order valence-electron chi connectivity index (χ0n) is 7.61. The van der Waals surface area contributed by atoms with E-state index in [9.17, 15) is 4.39 Å². The second-order valence-electron chi connectivity index (χ2n) is 2.88. The summed E-state index contributed by atoms with van der Waals surface area (Å²) in [6, 6.07) is 4.99. The molecule has 0 fully saturated rings. The number of aromatic nitrogens is 2. The van der Waals surface area contributed by atoms with Crippen LogP contribution in [-0.4, -0.2) is 9.97 Å². The molecule has 2 rings (SSSR count). The molecule has 0 aliphatic heterocycles. The number of anilines is 2. The van der Waals surface area contributed by atoms with Crippen molar-refractivity contribution in [1.82, 2.24) is 9.97 Å². The van der Waals surface area contributed by atoms with E-state index in [0.29, 0.717) is 11.5 Å². The maximum atomic E-state index is 12.8. The molecule has 15 heavy (non-hydrogen) atoms. The Bertz CT molecular complexity index is 458. The van der Waals surface area contributed by atoms with E-state index in [2.05, 4.69) is 31.2 Å². The summed E-state index contributed by atoms with van der Waals surface area (Å²) in [6.45, 7) is 0. The normalized spacial score (nSPS) is 10.0. The molecule has 0 bridgehead atoms. The molecule has 2 heterocycles. The fourth-order valence-corrected chi connectivity index (χ4v) is 1.31. The maximum Gasteiger partial charge on any atom is 0.143 e. The molecule has 2 aromatic rings. The van der Waals surface area contributed by atoms with Gasteiger partial charge in [0.15, 0.2) is 0 Å². The first-order valence-electron chi connectivity index (χ1n) is 4.23. The van der Waals surface area contributed by atoms with Crippen molar-refractivity contribution in [3.63, 3.8) is 0 Å². The van der Waals surface area contributed by atoms with Gasteiger partial charge in [-0.3, -0.25) is 4.98 Å². The minimum atomic E-state index is -0.378. The molecule has 5 heteroatoms. The third-order valence-corrected chi connectivity index (χ3v) is 2.17. The zero-order valence-corrected chi connectivity index (χ0v) is 9.20. The maximum absolute atomic E-state index is 12.8. The molecule has 0 spiro atoms. The van der Waals surface area contributed by atoms with Crippen LogP contribution in [0.5, 0.6) is 0 Å². The molecule has 0 aliphatic carbocycles. The third kappa shape index (κ3) is 2.73. The van der Waals surface area contributed by atoms with Crippen LogP contribution in [0.2, 0.25) is 0 Å². The largest absolute Gasteiger partial charge is 0.339 e. The van der Waals surface area contributed by atoms with Crippen LogP contribution in [0.15, 0.2) is 41.3 Å². The van der Waals surface area contributed by atoms with Gasteiger partial charge in [-0.2, -0.15) is 0 Å². The Morgan fingerprint density at radius 1 is 1.20 bits per heavy atom. The van der Waals surface area contributed by atoms with E-state index in [4.69, 9.17) is 0 Å².